The van der Waals surface area contributed by atoms with Crippen molar-refractivity contribution in [2.45, 2.75) is 63.1 Å². The van der Waals surface area contributed by atoms with Gasteiger partial charge in [-0.05, 0) is 29.5 Å². The molecule has 1 amide bonds. The monoisotopic (exact) mass is 393 g/mol. The molecule has 1 saturated carbocycles. The molecule has 0 saturated heterocycles. The predicted octanol–water partition coefficient (Wildman–Crippen LogP) is 4.58. The van der Waals surface area contributed by atoms with Gasteiger partial charge in [-0.3, -0.25) is 4.90 Å². The van der Waals surface area contributed by atoms with Crippen LogP contribution in [0.5, 0.6) is 0 Å². The van der Waals surface area contributed by atoms with Crippen LogP contribution in [-0.2, 0) is 29.0 Å². The second-order valence-electron chi connectivity index (χ2n) is 8.16. The van der Waals surface area contributed by atoms with Gasteiger partial charge in [0.25, 0.3) is 0 Å². The minimum absolute atomic E-state index is 0.0996. The zero-order valence-electron chi connectivity index (χ0n) is 16.5. The molecular formula is C24H27NO4. The van der Waals surface area contributed by atoms with E-state index in [1.807, 2.05) is 54.6 Å². The number of carbonyl (C=O) groups is 2. The van der Waals surface area contributed by atoms with E-state index in [0.717, 1.165) is 48.8 Å². The van der Waals surface area contributed by atoms with Crippen molar-refractivity contribution in [1.82, 2.24) is 4.90 Å². The molecule has 0 spiro atoms. The first-order valence-corrected chi connectivity index (χ1v) is 10.4. The van der Waals surface area contributed by atoms with Gasteiger partial charge in [-0.1, -0.05) is 73.9 Å². The zero-order chi connectivity index (χ0) is 20.3. The number of carboxylic acids is 1. The van der Waals surface area contributed by atoms with Crippen molar-refractivity contribution in [3.63, 3.8) is 0 Å². The van der Waals surface area contributed by atoms with Crippen molar-refractivity contribution < 1.29 is 19.4 Å². The Labute approximate surface area is 171 Å². The van der Waals surface area contributed by atoms with Crippen LogP contribution in [-0.4, -0.2) is 33.6 Å². The topological polar surface area (TPSA) is 66.8 Å². The van der Waals surface area contributed by atoms with E-state index < -0.39 is 17.6 Å². The highest BCUT2D eigenvalue weighted by Crippen LogP contribution is 2.39. The number of aliphatic carboxylic acids is 1. The molecule has 0 atom stereocenters. The van der Waals surface area contributed by atoms with Crippen LogP contribution in [0.25, 0.3) is 0 Å². The molecule has 2 aromatic rings. The first-order chi connectivity index (χ1) is 14.1. The summed E-state index contributed by atoms with van der Waals surface area (Å²) in [5, 5.41) is 10.3. The average molecular weight is 393 g/mol. The number of ether oxygens (including phenoxy) is 1. The molecule has 29 heavy (non-hydrogen) atoms. The lowest BCUT2D eigenvalue weighted by molar-refractivity contribution is -0.152. The van der Waals surface area contributed by atoms with Gasteiger partial charge in [-0.15, -0.1) is 0 Å². The summed E-state index contributed by atoms with van der Waals surface area (Å²) in [7, 11) is 0. The molecule has 2 aliphatic rings. The van der Waals surface area contributed by atoms with Crippen LogP contribution in [0.15, 0.2) is 54.6 Å². The van der Waals surface area contributed by atoms with E-state index >= 15 is 0 Å². The van der Waals surface area contributed by atoms with Gasteiger partial charge in [-0.25, -0.2) is 9.59 Å². The third-order valence-electron chi connectivity index (χ3n) is 6.29. The zero-order valence-corrected chi connectivity index (χ0v) is 16.5. The van der Waals surface area contributed by atoms with Crippen LogP contribution in [0, 0.1) is 0 Å². The standard InChI is InChI=1S/C24H27NO4/c26-22(27)24(15-19-11-7-8-12-20(19)16-24)25(21-13-5-2-6-14-21)23(28)29-17-18-9-3-1-4-10-18/h1,3-4,7-12,21H,2,5-6,13-17H2,(H,26,27). The fourth-order valence-corrected chi connectivity index (χ4v) is 4.82. The lowest BCUT2D eigenvalue weighted by atomic mass is 9.86. The van der Waals surface area contributed by atoms with Gasteiger partial charge in [0.2, 0.25) is 0 Å². The number of carboxylic acid groups (broad SMARTS) is 1. The molecule has 152 valence electrons. The van der Waals surface area contributed by atoms with E-state index in [-0.39, 0.29) is 12.6 Å². The summed E-state index contributed by atoms with van der Waals surface area (Å²) in [5.41, 5.74) is 1.63. The van der Waals surface area contributed by atoms with Crippen molar-refractivity contribution in [2.75, 3.05) is 0 Å². The molecular weight excluding hydrogens is 366 g/mol. The van der Waals surface area contributed by atoms with Gasteiger partial charge < -0.3 is 9.84 Å². The lowest BCUT2D eigenvalue weighted by Crippen LogP contribution is -2.62. The highest BCUT2D eigenvalue weighted by atomic mass is 16.6. The largest absolute Gasteiger partial charge is 0.479 e. The Balaban J connectivity index is 1.64. The van der Waals surface area contributed by atoms with Crippen LogP contribution in [0.1, 0.15) is 48.8 Å². The van der Waals surface area contributed by atoms with Crippen LogP contribution >= 0.6 is 0 Å². The first kappa shape index (κ1) is 19.5. The second-order valence-corrected chi connectivity index (χ2v) is 8.16. The summed E-state index contributed by atoms with van der Waals surface area (Å²) in [6.07, 6.45) is 4.94. The van der Waals surface area contributed by atoms with Crippen molar-refractivity contribution in [1.29, 1.82) is 0 Å². The smallest absolute Gasteiger partial charge is 0.411 e. The van der Waals surface area contributed by atoms with Crippen molar-refractivity contribution in [2.24, 2.45) is 0 Å². The maximum atomic E-state index is 13.3. The van der Waals surface area contributed by atoms with Crippen molar-refractivity contribution in [3.8, 4) is 0 Å². The van der Waals surface area contributed by atoms with Gasteiger partial charge in [0, 0.05) is 18.9 Å². The molecule has 5 nitrogen and oxygen atoms in total. The summed E-state index contributed by atoms with van der Waals surface area (Å²) < 4.78 is 5.65. The van der Waals surface area contributed by atoms with Gasteiger partial charge in [0.05, 0.1) is 0 Å². The van der Waals surface area contributed by atoms with E-state index in [1.165, 1.54) is 0 Å². The van der Waals surface area contributed by atoms with Gasteiger partial charge >= 0.3 is 12.1 Å². The number of benzene rings is 2. The minimum atomic E-state index is -1.28. The van der Waals surface area contributed by atoms with Crippen LogP contribution in [0.3, 0.4) is 0 Å². The lowest BCUT2D eigenvalue weighted by Gasteiger charge is -2.43. The van der Waals surface area contributed by atoms with E-state index in [0.29, 0.717) is 12.8 Å². The number of nitrogens with zero attached hydrogens (tertiary/aromatic N) is 1. The molecule has 0 unspecified atom stereocenters. The second kappa shape index (κ2) is 8.27. The Bertz CT molecular complexity index is 848. The summed E-state index contributed by atoms with van der Waals surface area (Å²) >= 11 is 0. The number of fused-ring (bicyclic) bond motifs is 1. The fraction of sp³-hybridized carbons (Fsp3) is 0.417. The first-order valence-electron chi connectivity index (χ1n) is 10.4. The van der Waals surface area contributed by atoms with Crippen molar-refractivity contribution >= 4 is 12.1 Å². The van der Waals surface area contributed by atoms with Gasteiger partial charge in [0.15, 0.2) is 5.54 Å². The molecule has 2 aliphatic carbocycles. The minimum Gasteiger partial charge on any atom is -0.479 e. The summed E-state index contributed by atoms with van der Waals surface area (Å²) in [6.45, 7) is 0.144. The van der Waals surface area contributed by atoms with Gasteiger partial charge in [-0.2, -0.15) is 0 Å². The van der Waals surface area contributed by atoms with E-state index in [9.17, 15) is 14.7 Å². The Hall–Kier alpha value is -2.82. The van der Waals surface area contributed by atoms with E-state index in [4.69, 9.17) is 4.74 Å². The molecule has 4 rings (SSSR count). The number of rotatable bonds is 5. The molecule has 0 heterocycles. The van der Waals surface area contributed by atoms with E-state index in [1.54, 1.807) is 4.90 Å². The number of hydrogen-bond donors (Lipinski definition) is 1. The molecule has 1 N–H and O–H groups in total. The van der Waals surface area contributed by atoms with Crippen molar-refractivity contribution in [3.05, 3.63) is 71.3 Å². The summed E-state index contributed by atoms with van der Waals surface area (Å²) in [5.74, 6) is -0.948. The Morgan fingerprint density at radius 2 is 1.52 bits per heavy atom. The number of carbonyl (C=O) groups excluding carboxylic acids is 1. The molecule has 1 fully saturated rings. The van der Waals surface area contributed by atoms with Gasteiger partial charge in [0.1, 0.15) is 6.61 Å². The predicted molar refractivity (Wildman–Crippen MR) is 110 cm³/mol. The van der Waals surface area contributed by atoms with E-state index in [2.05, 4.69) is 0 Å². The highest BCUT2D eigenvalue weighted by Gasteiger charge is 2.53. The fourth-order valence-electron chi connectivity index (χ4n) is 4.82. The van der Waals surface area contributed by atoms with Crippen LogP contribution < -0.4 is 0 Å². The number of amides is 1. The normalized spacial score (nSPS) is 18.1. The molecule has 0 aromatic heterocycles. The number of hydrogen-bond acceptors (Lipinski definition) is 3. The SMILES string of the molecule is O=C(OCc1ccccc1)N(C1CCCCC1)C1(C(=O)O)Cc2ccccc2C1. The maximum absolute atomic E-state index is 13.3. The van der Waals surface area contributed by atoms with Crippen LogP contribution in [0.2, 0.25) is 0 Å². The molecule has 0 aliphatic heterocycles. The Morgan fingerprint density at radius 1 is 0.931 bits per heavy atom. The summed E-state index contributed by atoms with van der Waals surface area (Å²) in [6, 6.07) is 17.2. The molecule has 0 bridgehead atoms. The Kier molecular flexibility index (Phi) is 5.56. The summed E-state index contributed by atoms with van der Waals surface area (Å²) in [4.78, 5) is 27.5. The van der Waals surface area contributed by atoms with Crippen LogP contribution in [0.4, 0.5) is 4.79 Å². The quantitative estimate of drug-likeness (QED) is 0.807. The molecule has 2 aromatic carbocycles. The third-order valence-corrected chi connectivity index (χ3v) is 6.29. The molecule has 0 radical (unpaired) electrons. The molecule has 5 heteroatoms. The Morgan fingerprint density at radius 3 is 2.10 bits per heavy atom. The maximum Gasteiger partial charge on any atom is 0.411 e. The average Bonchev–Trinajstić information content (AvgIpc) is 3.14. The highest BCUT2D eigenvalue weighted by molar-refractivity contribution is 5.86. The third kappa shape index (κ3) is 3.86.